The third kappa shape index (κ3) is 4.89. The highest BCUT2D eigenvalue weighted by atomic mass is 19.2. The summed E-state index contributed by atoms with van der Waals surface area (Å²) < 4.78 is 19.3. The predicted molar refractivity (Wildman–Crippen MR) is 76.9 cm³/mol. The van der Waals surface area contributed by atoms with Crippen LogP contribution in [0.4, 0.5) is 4.39 Å². The van der Waals surface area contributed by atoms with Gasteiger partial charge >= 0.3 is 0 Å². The van der Waals surface area contributed by atoms with E-state index in [0.717, 1.165) is 6.92 Å². The van der Waals surface area contributed by atoms with Crippen molar-refractivity contribution in [1.29, 1.82) is 0 Å². The lowest BCUT2D eigenvalue weighted by Gasteiger charge is -2.19. The van der Waals surface area contributed by atoms with Gasteiger partial charge in [-0.3, -0.25) is 4.79 Å². The van der Waals surface area contributed by atoms with Crippen LogP contribution in [0.15, 0.2) is 54.6 Å². The smallest absolute Gasteiger partial charge is 0.300 e. The number of carboxylic acids is 1. The largest absolute Gasteiger partial charge is 0.497 e. The van der Waals surface area contributed by atoms with E-state index in [1.165, 1.54) is 19.2 Å². The van der Waals surface area contributed by atoms with Gasteiger partial charge in [0.1, 0.15) is 5.75 Å². The van der Waals surface area contributed by atoms with Crippen LogP contribution in [-0.4, -0.2) is 23.3 Å². The Labute approximate surface area is 122 Å². The third-order valence-electron chi connectivity index (χ3n) is 2.63. The van der Waals surface area contributed by atoms with Gasteiger partial charge < -0.3 is 14.9 Å². The molecule has 0 aliphatic heterocycles. The Balaban J connectivity index is 0.000000491. The fraction of sp³-hybridized carbons (Fsp3) is 0.188. The van der Waals surface area contributed by atoms with Gasteiger partial charge in [-0.05, 0) is 24.3 Å². The standard InChI is InChI=1S/C14H13FO2.C2H4O2/c1-17-13-9-7-12(8-10-13)14(15,16)11-5-3-2-4-6-11;1-2(3)4/h2-10,16H,1H3;1H3,(H,3,4). The molecule has 0 aliphatic carbocycles. The molecule has 0 aromatic heterocycles. The molecule has 5 heteroatoms. The van der Waals surface area contributed by atoms with Gasteiger partial charge in [-0.2, -0.15) is 0 Å². The van der Waals surface area contributed by atoms with E-state index in [9.17, 15) is 9.50 Å². The van der Waals surface area contributed by atoms with Crippen LogP contribution in [0.1, 0.15) is 18.1 Å². The average Bonchev–Trinajstić information content (AvgIpc) is 2.47. The molecule has 2 aromatic rings. The molecule has 2 N–H and O–H groups in total. The number of aliphatic hydroxyl groups is 1. The van der Waals surface area contributed by atoms with Crippen molar-refractivity contribution in [2.45, 2.75) is 12.8 Å². The normalized spacial score (nSPS) is 12.6. The number of alkyl halides is 1. The van der Waals surface area contributed by atoms with Crippen LogP contribution in [0, 0.1) is 0 Å². The van der Waals surface area contributed by atoms with Crippen LogP contribution < -0.4 is 4.74 Å². The van der Waals surface area contributed by atoms with Crippen molar-refractivity contribution in [2.75, 3.05) is 7.11 Å². The summed E-state index contributed by atoms with van der Waals surface area (Å²) in [5.41, 5.74) is 0.398. The summed E-state index contributed by atoms with van der Waals surface area (Å²) in [6.45, 7) is 1.08. The first-order chi connectivity index (χ1) is 9.87. The molecule has 0 saturated carbocycles. The van der Waals surface area contributed by atoms with E-state index in [4.69, 9.17) is 14.6 Å². The number of carboxylic acid groups (broad SMARTS) is 1. The number of hydrogen-bond donors (Lipinski definition) is 2. The molecular formula is C16H17FO4. The van der Waals surface area contributed by atoms with Gasteiger partial charge in [0.15, 0.2) is 0 Å². The Morgan fingerprint density at radius 1 is 1.05 bits per heavy atom. The highest BCUT2D eigenvalue weighted by Gasteiger charge is 2.30. The Hall–Kier alpha value is -2.40. The SMILES string of the molecule is CC(=O)O.COc1ccc(C(O)(F)c2ccccc2)cc1. The quantitative estimate of drug-likeness (QED) is 0.912. The maximum absolute atomic E-state index is 14.3. The fourth-order valence-corrected chi connectivity index (χ4v) is 1.64. The maximum atomic E-state index is 14.3. The van der Waals surface area contributed by atoms with Crippen LogP contribution >= 0.6 is 0 Å². The number of aliphatic carboxylic acids is 1. The molecule has 4 nitrogen and oxygen atoms in total. The number of rotatable bonds is 3. The minimum Gasteiger partial charge on any atom is -0.497 e. The fourth-order valence-electron chi connectivity index (χ4n) is 1.64. The van der Waals surface area contributed by atoms with Crippen LogP contribution in [0.2, 0.25) is 0 Å². The summed E-state index contributed by atoms with van der Waals surface area (Å²) in [5.74, 6) is -2.69. The summed E-state index contributed by atoms with van der Waals surface area (Å²) in [6, 6.07) is 14.5. The van der Waals surface area contributed by atoms with E-state index in [-0.39, 0.29) is 11.1 Å². The van der Waals surface area contributed by atoms with Crippen molar-refractivity contribution in [3.05, 3.63) is 65.7 Å². The Bertz CT molecular complexity index is 561. The van der Waals surface area contributed by atoms with Crippen LogP contribution in [0.25, 0.3) is 0 Å². The molecule has 21 heavy (non-hydrogen) atoms. The van der Waals surface area contributed by atoms with Crippen molar-refractivity contribution >= 4 is 5.97 Å². The molecular weight excluding hydrogens is 275 g/mol. The summed E-state index contributed by atoms with van der Waals surface area (Å²) in [5, 5.41) is 17.3. The highest BCUT2D eigenvalue weighted by molar-refractivity contribution is 5.62. The van der Waals surface area contributed by atoms with Crippen LogP contribution in [-0.2, 0) is 10.6 Å². The number of ether oxygens (including phenoxy) is 1. The van der Waals surface area contributed by atoms with E-state index in [0.29, 0.717) is 5.75 Å². The maximum Gasteiger partial charge on any atom is 0.300 e. The van der Waals surface area contributed by atoms with Crippen LogP contribution in [0.5, 0.6) is 5.75 Å². The molecule has 2 rings (SSSR count). The average molecular weight is 292 g/mol. The predicted octanol–water partition coefficient (Wildman–Crippen LogP) is 2.95. The van der Waals surface area contributed by atoms with E-state index < -0.39 is 11.8 Å². The first-order valence-corrected chi connectivity index (χ1v) is 6.18. The third-order valence-corrected chi connectivity index (χ3v) is 2.63. The highest BCUT2D eigenvalue weighted by Crippen LogP contribution is 2.31. The molecule has 1 atom stereocenters. The second kappa shape index (κ2) is 7.40. The molecule has 0 heterocycles. The zero-order valence-corrected chi connectivity index (χ0v) is 11.8. The molecule has 0 radical (unpaired) electrons. The van der Waals surface area contributed by atoms with Crippen molar-refractivity contribution < 1.29 is 24.1 Å². The first kappa shape index (κ1) is 16.7. The van der Waals surface area contributed by atoms with E-state index in [2.05, 4.69) is 0 Å². The van der Waals surface area contributed by atoms with Crippen molar-refractivity contribution in [3.8, 4) is 5.75 Å². The number of benzene rings is 2. The number of carbonyl (C=O) groups is 1. The number of hydrogen-bond acceptors (Lipinski definition) is 3. The van der Waals surface area contributed by atoms with Gasteiger partial charge in [-0.1, -0.05) is 30.3 Å². The lowest BCUT2D eigenvalue weighted by atomic mass is 9.99. The molecule has 112 valence electrons. The zero-order valence-electron chi connectivity index (χ0n) is 11.8. The van der Waals surface area contributed by atoms with E-state index >= 15 is 0 Å². The summed E-state index contributed by atoms with van der Waals surface area (Å²) >= 11 is 0. The van der Waals surface area contributed by atoms with Gasteiger partial charge in [-0.15, -0.1) is 0 Å². The molecule has 0 spiro atoms. The van der Waals surface area contributed by atoms with Crippen molar-refractivity contribution in [1.82, 2.24) is 0 Å². The van der Waals surface area contributed by atoms with Gasteiger partial charge in [0, 0.05) is 18.1 Å². The summed E-state index contributed by atoms with van der Waals surface area (Å²) in [4.78, 5) is 9.00. The Morgan fingerprint density at radius 3 is 1.90 bits per heavy atom. The summed E-state index contributed by atoms with van der Waals surface area (Å²) in [6.07, 6.45) is 0. The number of halogens is 1. The lowest BCUT2D eigenvalue weighted by molar-refractivity contribution is -0.134. The Morgan fingerprint density at radius 2 is 1.48 bits per heavy atom. The molecule has 2 aromatic carbocycles. The minimum absolute atomic E-state index is 0.185. The van der Waals surface area contributed by atoms with Crippen molar-refractivity contribution in [3.63, 3.8) is 0 Å². The van der Waals surface area contributed by atoms with Crippen LogP contribution in [0.3, 0.4) is 0 Å². The molecule has 0 saturated heterocycles. The second-order valence-electron chi connectivity index (χ2n) is 4.24. The van der Waals surface area contributed by atoms with E-state index in [1.807, 2.05) is 0 Å². The monoisotopic (exact) mass is 292 g/mol. The van der Waals surface area contributed by atoms with Gasteiger partial charge in [0.05, 0.1) is 7.11 Å². The molecule has 0 aliphatic rings. The topological polar surface area (TPSA) is 66.8 Å². The van der Waals surface area contributed by atoms with Crippen molar-refractivity contribution in [2.24, 2.45) is 0 Å². The Kier molecular flexibility index (Phi) is 5.87. The van der Waals surface area contributed by atoms with E-state index in [1.54, 1.807) is 42.5 Å². The zero-order chi connectivity index (χ0) is 15.9. The van der Waals surface area contributed by atoms with Gasteiger partial charge in [0.25, 0.3) is 11.8 Å². The molecule has 0 fully saturated rings. The van der Waals surface area contributed by atoms with Gasteiger partial charge in [0.2, 0.25) is 0 Å². The summed E-state index contributed by atoms with van der Waals surface area (Å²) in [7, 11) is 1.54. The van der Waals surface area contributed by atoms with Gasteiger partial charge in [-0.25, -0.2) is 4.39 Å². The molecule has 1 unspecified atom stereocenters. The first-order valence-electron chi connectivity index (χ1n) is 6.18. The molecule has 0 amide bonds. The number of methoxy groups -OCH3 is 1. The second-order valence-corrected chi connectivity index (χ2v) is 4.24. The molecule has 0 bridgehead atoms. The minimum atomic E-state index is -2.48. The lowest BCUT2D eigenvalue weighted by Crippen LogP contribution is -2.20.